The van der Waals surface area contributed by atoms with Gasteiger partial charge in [-0.1, -0.05) is 60.7 Å². The summed E-state index contributed by atoms with van der Waals surface area (Å²) in [4.78, 5) is 6.65. The van der Waals surface area contributed by atoms with Gasteiger partial charge in [0.05, 0.1) is 17.9 Å². The van der Waals surface area contributed by atoms with Crippen molar-refractivity contribution in [3.8, 4) is 0 Å². The van der Waals surface area contributed by atoms with Gasteiger partial charge in [0.2, 0.25) is 0 Å². The number of hydrogen-bond acceptors (Lipinski definition) is 3. The molecule has 1 atom stereocenters. The Bertz CT molecular complexity index is 843. The van der Waals surface area contributed by atoms with Crippen molar-refractivity contribution in [2.24, 2.45) is 0 Å². The molecule has 3 aromatic rings. The number of aromatic nitrogens is 1. The Morgan fingerprint density at radius 2 is 1.67 bits per heavy atom. The van der Waals surface area contributed by atoms with E-state index in [2.05, 4.69) is 22.1 Å². The number of nitrogens with zero attached hydrogens (tertiary/aromatic N) is 2. The Morgan fingerprint density at radius 1 is 1.04 bits per heavy atom. The van der Waals surface area contributed by atoms with E-state index >= 15 is 0 Å². The molecule has 1 N–H and O–H groups in total. The molecule has 0 radical (unpaired) electrons. The van der Waals surface area contributed by atoms with Gasteiger partial charge in [-0.15, -0.1) is 0 Å². The molecule has 0 spiro atoms. The summed E-state index contributed by atoms with van der Waals surface area (Å²) < 4.78 is 14.9. The quantitative estimate of drug-likeness (QED) is 0.658. The Balaban J connectivity index is 1.63. The van der Waals surface area contributed by atoms with Gasteiger partial charge in [-0.2, -0.15) is 0 Å². The van der Waals surface area contributed by atoms with Crippen molar-refractivity contribution in [2.75, 3.05) is 16.8 Å². The summed E-state index contributed by atoms with van der Waals surface area (Å²) in [7, 11) is 0. The minimum absolute atomic E-state index is 0.161. The molecule has 1 unspecified atom stereocenters. The highest BCUT2D eigenvalue weighted by Crippen LogP contribution is 2.30. The lowest BCUT2D eigenvalue weighted by molar-refractivity contribution is 0.620. The van der Waals surface area contributed by atoms with E-state index < -0.39 is 0 Å². The number of anilines is 2. The van der Waals surface area contributed by atoms with Crippen molar-refractivity contribution in [1.29, 1.82) is 0 Å². The smallest absolute Gasteiger partial charge is 0.167 e. The Morgan fingerprint density at radius 3 is 2.19 bits per heavy atom. The van der Waals surface area contributed by atoms with Crippen LogP contribution in [0.1, 0.15) is 36.9 Å². The van der Waals surface area contributed by atoms with Gasteiger partial charge < -0.3 is 10.2 Å². The monoisotopic (exact) mass is 361 g/mol. The van der Waals surface area contributed by atoms with Gasteiger partial charge >= 0.3 is 0 Å². The molecule has 27 heavy (non-hydrogen) atoms. The predicted molar refractivity (Wildman–Crippen MR) is 109 cm³/mol. The molecule has 0 saturated carbocycles. The Hall–Kier alpha value is -2.88. The summed E-state index contributed by atoms with van der Waals surface area (Å²) in [5.74, 6) is -0.0354. The molecular formula is C23H24FN3. The summed E-state index contributed by atoms with van der Waals surface area (Å²) in [6.45, 7) is 3.14. The molecule has 0 amide bonds. The molecule has 138 valence electrons. The van der Waals surface area contributed by atoms with Crippen LogP contribution >= 0.6 is 0 Å². The number of nitrogens with one attached hydrogen (secondary N) is 1. The summed E-state index contributed by atoms with van der Waals surface area (Å²) in [6, 6.07) is 22.0. The molecule has 0 aliphatic carbocycles. The maximum absolute atomic E-state index is 14.9. The number of halogens is 1. The zero-order valence-electron chi connectivity index (χ0n) is 15.5. The highest BCUT2D eigenvalue weighted by Gasteiger charge is 2.22. The van der Waals surface area contributed by atoms with Crippen molar-refractivity contribution in [3.05, 3.63) is 89.9 Å². The van der Waals surface area contributed by atoms with Gasteiger partial charge in [-0.05, 0) is 30.9 Å². The van der Waals surface area contributed by atoms with Crippen LogP contribution in [0.5, 0.6) is 0 Å². The molecular weight excluding hydrogens is 337 g/mol. The van der Waals surface area contributed by atoms with Gasteiger partial charge in [-0.3, -0.25) is 0 Å². The molecule has 2 aromatic carbocycles. The van der Waals surface area contributed by atoms with Gasteiger partial charge in [-0.25, -0.2) is 9.37 Å². The van der Waals surface area contributed by atoms with Gasteiger partial charge in [0.1, 0.15) is 0 Å². The van der Waals surface area contributed by atoms with Crippen molar-refractivity contribution >= 4 is 11.5 Å². The van der Waals surface area contributed by atoms with Crippen molar-refractivity contribution in [1.82, 2.24) is 4.98 Å². The number of pyridine rings is 1. The van der Waals surface area contributed by atoms with Gasteiger partial charge in [0.15, 0.2) is 11.6 Å². The minimum Gasteiger partial charge on any atom is -0.367 e. The number of rotatable bonds is 5. The molecule has 1 aliphatic rings. The van der Waals surface area contributed by atoms with E-state index in [4.69, 9.17) is 0 Å². The first-order valence-electron chi connectivity index (χ1n) is 9.51. The van der Waals surface area contributed by atoms with E-state index in [0.717, 1.165) is 36.2 Å². The molecule has 1 aromatic heterocycles. The van der Waals surface area contributed by atoms with Crippen LogP contribution in [-0.2, 0) is 0 Å². The summed E-state index contributed by atoms with van der Waals surface area (Å²) in [5, 5.41) is 3.30. The Labute approximate surface area is 159 Å². The van der Waals surface area contributed by atoms with Crippen molar-refractivity contribution in [3.63, 3.8) is 0 Å². The fraction of sp³-hybridized carbons (Fsp3) is 0.261. The third-order valence-electron chi connectivity index (χ3n) is 5.26. The van der Waals surface area contributed by atoms with E-state index in [1.807, 2.05) is 60.7 Å². The van der Waals surface area contributed by atoms with Crippen LogP contribution in [0, 0.1) is 5.82 Å². The van der Waals surface area contributed by atoms with Crippen LogP contribution in [0.2, 0.25) is 0 Å². The molecule has 1 saturated heterocycles. The largest absolute Gasteiger partial charge is 0.367 e. The average molecular weight is 361 g/mol. The third-order valence-corrected chi connectivity index (χ3v) is 5.26. The second-order valence-corrected chi connectivity index (χ2v) is 7.11. The zero-order chi connectivity index (χ0) is 18.6. The summed E-state index contributed by atoms with van der Waals surface area (Å²) in [6.07, 6.45) is 4.07. The van der Waals surface area contributed by atoms with E-state index in [1.165, 1.54) is 0 Å². The van der Waals surface area contributed by atoms with Crippen LogP contribution in [0.25, 0.3) is 0 Å². The van der Waals surface area contributed by atoms with Gasteiger partial charge in [0.25, 0.3) is 0 Å². The number of benzene rings is 2. The predicted octanol–water partition coefficient (Wildman–Crippen LogP) is 5.41. The van der Waals surface area contributed by atoms with Crippen molar-refractivity contribution < 1.29 is 4.39 Å². The molecule has 3 nitrogen and oxygen atoms in total. The lowest BCUT2D eigenvalue weighted by Crippen LogP contribution is -2.26. The fourth-order valence-electron chi connectivity index (χ4n) is 3.79. The van der Waals surface area contributed by atoms with E-state index in [1.54, 1.807) is 12.3 Å². The highest BCUT2D eigenvalue weighted by atomic mass is 19.1. The van der Waals surface area contributed by atoms with E-state index in [9.17, 15) is 4.39 Å². The molecule has 4 heteroatoms. The topological polar surface area (TPSA) is 28.2 Å². The standard InChI is InChI=1S/C23H24FN3/c1-17-9-8-14-27(17)20-15-21(24)23(25-16-20)26-22(18-10-4-2-5-11-18)19-12-6-3-7-13-19/h2-7,10-13,15-17,22H,8-9,14H2,1H3,(H,25,26). The number of hydrogen-bond donors (Lipinski definition) is 1. The molecule has 4 rings (SSSR count). The van der Waals surface area contributed by atoms with E-state index in [0.29, 0.717) is 6.04 Å². The van der Waals surface area contributed by atoms with Crippen molar-refractivity contribution in [2.45, 2.75) is 31.8 Å². The molecule has 1 fully saturated rings. The normalized spacial score (nSPS) is 16.7. The lowest BCUT2D eigenvalue weighted by atomic mass is 9.99. The highest BCUT2D eigenvalue weighted by molar-refractivity contribution is 5.53. The van der Waals surface area contributed by atoms with Crippen LogP contribution in [0.4, 0.5) is 15.9 Å². The maximum Gasteiger partial charge on any atom is 0.167 e. The second-order valence-electron chi connectivity index (χ2n) is 7.11. The van der Waals surface area contributed by atoms with Crippen LogP contribution in [0.3, 0.4) is 0 Å². The summed E-state index contributed by atoms with van der Waals surface area (Å²) in [5.41, 5.74) is 3.00. The first-order valence-corrected chi connectivity index (χ1v) is 9.51. The molecule has 2 heterocycles. The minimum atomic E-state index is -0.316. The third kappa shape index (κ3) is 3.80. The van der Waals surface area contributed by atoms with Crippen LogP contribution < -0.4 is 10.2 Å². The Kier molecular flexibility index (Phi) is 5.05. The first-order chi connectivity index (χ1) is 13.2. The maximum atomic E-state index is 14.9. The fourth-order valence-corrected chi connectivity index (χ4v) is 3.79. The summed E-state index contributed by atoms with van der Waals surface area (Å²) >= 11 is 0. The molecule has 1 aliphatic heterocycles. The SMILES string of the molecule is CC1CCCN1c1cnc(NC(c2ccccc2)c2ccccc2)c(F)c1. The second kappa shape index (κ2) is 7.78. The first kappa shape index (κ1) is 17.5. The van der Waals surface area contributed by atoms with Crippen LogP contribution in [0.15, 0.2) is 72.9 Å². The van der Waals surface area contributed by atoms with Crippen LogP contribution in [-0.4, -0.2) is 17.6 Å². The van der Waals surface area contributed by atoms with E-state index in [-0.39, 0.29) is 17.7 Å². The lowest BCUT2D eigenvalue weighted by Gasteiger charge is -2.25. The van der Waals surface area contributed by atoms with Gasteiger partial charge in [0, 0.05) is 18.7 Å². The molecule has 0 bridgehead atoms. The average Bonchev–Trinajstić information content (AvgIpc) is 3.14. The zero-order valence-corrected chi connectivity index (χ0v) is 15.5.